The second-order valence-corrected chi connectivity index (χ2v) is 12.7. The van der Waals surface area contributed by atoms with E-state index in [1.807, 2.05) is 0 Å². The van der Waals surface area contributed by atoms with Crippen LogP contribution >= 0.6 is 11.3 Å². The fourth-order valence-corrected chi connectivity index (χ4v) is 7.14. The van der Waals surface area contributed by atoms with Gasteiger partial charge in [0.2, 0.25) is 5.91 Å². The molecule has 2 aromatic carbocycles. The number of fused-ring (bicyclic) bond motifs is 1. The lowest BCUT2D eigenvalue weighted by Gasteiger charge is -2.27. The van der Waals surface area contributed by atoms with Gasteiger partial charge in [-0.05, 0) is 78.8 Å². The Balaban J connectivity index is 1.16. The normalized spacial score (nSPS) is 15.2. The lowest BCUT2D eigenvalue weighted by molar-refractivity contribution is -0.115. The van der Waals surface area contributed by atoms with E-state index >= 15 is 0 Å². The number of rotatable bonds is 8. The second-order valence-electron chi connectivity index (χ2n) is 9.51. The summed E-state index contributed by atoms with van der Waals surface area (Å²) >= 11 is 1.21. The van der Waals surface area contributed by atoms with E-state index in [0.29, 0.717) is 36.3 Å². The summed E-state index contributed by atoms with van der Waals surface area (Å²) in [7, 11) is -3.28. The zero-order valence-corrected chi connectivity index (χ0v) is 21.6. The van der Waals surface area contributed by atoms with Crippen molar-refractivity contribution in [3.63, 3.8) is 0 Å². The molecule has 0 atom stereocenters. The van der Waals surface area contributed by atoms with Crippen molar-refractivity contribution >= 4 is 44.6 Å². The number of nitrogens with one attached hydrogen (secondary N) is 1. The number of hydrogen-bond donors (Lipinski definition) is 2. The van der Waals surface area contributed by atoms with Gasteiger partial charge in [0.1, 0.15) is 4.88 Å². The third-order valence-electron chi connectivity index (χ3n) is 6.59. The molecule has 0 radical (unpaired) electrons. The first-order chi connectivity index (χ1) is 17.7. The molecule has 37 heavy (non-hydrogen) atoms. The fraction of sp³-hybridized carbons (Fsp3) is 0.296. The number of thiophene rings is 1. The maximum atomic E-state index is 13.0. The molecule has 0 unspecified atom stereocenters. The highest BCUT2D eigenvalue weighted by Crippen LogP contribution is 2.32. The Morgan fingerprint density at radius 3 is 2.38 bits per heavy atom. The first-order valence-electron chi connectivity index (χ1n) is 12.0. The zero-order chi connectivity index (χ0) is 26.2. The number of sulfone groups is 1. The summed E-state index contributed by atoms with van der Waals surface area (Å²) in [6.45, 7) is 0.895. The molecule has 1 aliphatic heterocycles. The molecule has 1 aliphatic carbocycles. The standard InChI is InChI=1S/C27H26N2O6S2/c30-25(13-17-3-9-22(10-4-17)37(34,35)16-18-1-2-18)28-21-7-5-19(6-8-21)26(31)29-12-11-20-14-23(27(32)33)36-24(20)15-29/h3-10,14,18H,1-2,11-13,15-16H2,(H,28,30)(H,32,33). The molecule has 192 valence electrons. The summed E-state index contributed by atoms with van der Waals surface area (Å²) < 4.78 is 24.8. The molecule has 10 heteroatoms. The van der Waals surface area contributed by atoms with E-state index in [2.05, 4.69) is 5.32 Å². The van der Waals surface area contributed by atoms with Crippen molar-refractivity contribution in [2.75, 3.05) is 17.6 Å². The van der Waals surface area contributed by atoms with Gasteiger partial charge in [-0.25, -0.2) is 13.2 Å². The number of aromatic carboxylic acids is 1. The van der Waals surface area contributed by atoms with Crippen LogP contribution < -0.4 is 5.32 Å². The van der Waals surface area contributed by atoms with Gasteiger partial charge in [-0.15, -0.1) is 11.3 Å². The van der Waals surface area contributed by atoms with Crippen molar-refractivity contribution < 1.29 is 27.9 Å². The van der Waals surface area contributed by atoms with Gasteiger partial charge in [-0.3, -0.25) is 9.59 Å². The quantitative estimate of drug-likeness (QED) is 0.447. The van der Waals surface area contributed by atoms with Crippen LogP contribution in [0.25, 0.3) is 0 Å². The third-order valence-corrected chi connectivity index (χ3v) is 9.65. The first kappa shape index (κ1) is 25.2. The number of carbonyl (C=O) groups excluding carboxylic acids is 2. The Labute approximate surface area is 218 Å². The fourth-order valence-electron chi connectivity index (χ4n) is 4.37. The Morgan fingerprint density at radius 1 is 1.03 bits per heavy atom. The van der Waals surface area contributed by atoms with Gasteiger partial charge in [0.05, 0.1) is 23.6 Å². The number of anilines is 1. The number of nitrogens with zero attached hydrogens (tertiary/aromatic N) is 1. The Morgan fingerprint density at radius 2 is 1.73 bits per heavy atom. The maximum absolute atomic E-state index is 13.0. The van der Waals surface area contributed by atoms with Crippen LogP contribution in [-0.4, -0.2) is 48.5 Å². The van der Waals surface area contributed by atoms with Crippen molar-refractivity contribution in [1.29, 1.82) is 0 Å². The van der Waals surface area contributed by atoms with Crippen LogP contribution in [0.15, 0.2) is 59.5 Å². The van der Waals surface area contributed by atoms with Crippen molar-refractivity contribution in [1.82, 2.24) is 4.90 Å². The third kappa shape index (κ3) is 5.91. The Kier molecular flexibility index (Phi) is 6.87. The van der Waals surface area contributed by atoms with Crippen LogP contribution in [0, 0.1) is 5.92 Å². The highest BCUT2D eigenvalue weighted by Gasteiger charge is 2.29. The van der Waals surface area contributed by atoms with E-state index < -0.39 is 15.8 Å². The lowest BCUT2D eigenvalue weighted by Crippen LogP contribution is -2.35. The number of benzene rings is 2. The minimum atomic E-state index is -3.28. The minimum absolute atomic E-state index is 0.0961. The summed E-state index contributed by atoms with van der Waals surface area (Å²) in [5.41, 5.74) is 2.73. The minimum Gasteiger partial charge on any atom is -0.477 e. The van der Waals surface area contributed by atoms with Gasteiger partial charge in [0.25, 0.3) is 5.91 Å². The first-order valence-corrected chi connectivity index (χ1v) is 14.5. The van der Waals surface area contributed by atoms with Crippen LogP contribution in [0.3, 0.4) is 0 Å². The molecular weight excluding hydrogens is 512 g/mol. The van der Waals surface area contributed by atoms with Crippen molar-refractivity contribution in [3.05, 3.63) is 81.0 Å². The summed E-state index contributed by atoms with van der Waals surface area (Å²) in [5, 5.41) is 12.0. The maximum Gasteiger partial charge on any atom is 0.345 e. The van der Waals surface area contributed by atoms with Gasteiger partial charge in [0.15, 0.2) is 9.84 Å². The smallest absolute Gasteiger partial charge is 0.345 e. The Hall–Kier alpha value is -3.50. The van der Waals surface area contributed by atoms with Gasteiger partial charge < -0.3 is 15.3 Å². The average Bonchev–Trinajstić information content (AvgIpc) is 3.56. The van der Waals surface area contributed by atoms with Crippen LogP contribution in [0.1, 0.15) is 48.9 Å². The lowest BCUT2D eigenvalue weighted by atomic mass is 10.1. The van der Waals surface area contributed by atoms with Crippen LogP contribution in [-0.2, 0) is 34.0 Å². The molecule has 0 bridgehead atoms. The van der Waals surface area contributed by atoms with Crippen LogP contribution in [0.2, 0.25) is 0 Å². The summed E-state index contributed by atoms with van der Waals surface area (Å²) in [5.74, 6) is -0.889. The molecular formula is C27H26N2O6S2. The molecule has 3 aromatic rings. The van der Waals surface area contributed by atoms with E-state index in [4.69, 9.17) is 0 Å². The summed E-state index contributed by atoms with van der Waals surface area (Å²) in [4.78, 5) is 39.9. The summed E-state index contributed by atoms with van der Waals surface area (Å²) in [6.07, 6.45) is 2.65. The van der Waals surface area contributed by atoms with E-state index in [1.165, 1.54) is 11.3 Å². The predicted molar refractivity (Wildman–Crippen MR) is 140 cm³/mol. The SMILES string of the molecule is O=C(Cc1ccc(S(=O)(=O)CC2CC2)cc1)Nc1ccc(C(=O)N2CCc3cc(C(=O)O)sc3C2)cc1. The molecule has 2 heterocycles. The topological polar surface area (TPSA) is 121 Å². The van der Waals surface area contributed by atoms with Crippen molar-refractivity contribution in [3.8, 4) is 0 Å². The molecule has 5 rings (SSSR count). The van der Waals surface area contributed by atoms with E-state index in [1.54, 1.807) is 59.5 Å². The van der Waals surface area contributed by atoms with Crippen LogP contribution in [0.5, 0.6) is 0 Å². The van der Waals surface area contributed by atoms with Gasteiger partial charge >= 0.3 is 5.97 Å². The average molecular weight is 539 g/mol. The molecule has 0 saturated heterocycles. The van der Waals surface area contributed by atoms with Crippen molar-refractivity contribution in [2.45, 2.75) is 37.1 Å². The Bertz CT molecular complexity index is 1460. The summed E-state index contributed by atoms with van der Waals surface area (Å²) in [6, 6.07) is 14.8. The van der Waals surface area contributed by atoms with E-state index in [-0.39, 0.29) is 39.7 Å². The monoisotopic (exact) mass is 538 g/mol. The van der Waals surface area contributed by atoms with Gasteiger partial charge in [0, 0.05) is 22.7 Å². The molecule has 2 aliphatic rings. The molecule has 2 N–H and O–H groups in total. The van der Waals surface area contributed by atoms with E-state index in [0.717, 1.165) is 23.3 Å². The molecule has 2 amide bonds. The number of carboxylic acid groups (broad SMARTS) is 1. The molecule has 8 nitrogen and oxygen atoms in total. The van der Waals surface area contributed by atoms with Gasteiger partial charge in [-0.1, -0.05) is 12.1 Å². The predicted octanol–water partition coefficient (Wildman–Crippen LogP) is 4.01. The number of carboxylic acids is 1. The van der Waals surface area contributed by atoms with Gasteiger partial charge in [-0.2, -0.15) is 0 Å². The number of hydrogen-bond acceptors (Lipinski definition) is 6. The highest BCUT2D eigenvalue weighted by molar-refractivity contribution is 7.91. The molecule has 1 saturated carbocycles. The van der Waals surface area contributed by atoms with Crippen LogP contribution in [0.4, 0.5) is 5.69 Å². The van der Waals surface area contributed by atoms with E-state index in [9.17, 15) is 27.9 Å². The largest absolute Gasteiger partial charge is 0.477 e. The molecule has 0 spiro atoms. The number of carbonyl (C=O) groups is 3. The van der Waals surface area contributed by atoms with Crippen molar-refractivity contribution in [2.24, 2.45) is 5.92 Å². The molecule has 1 aromatic heterocycles. The highest BCUT2D eigenvalue weighted by atomic mass is 32.2. The number of amides is 2. The zero-order valence-electron chi connectivity index (χ0n) is 20.0. The molecule has 1 fully saturated rings. The second kappa shape index (κ2) is 10.1.